The van der Waals surface area contributed by atoms with Crippen LogP contribution in [0.2, 0.25) is 0 Å². The number of aryl methyl sites for hydroxylation is 1. The lowest BCUT2D eigenvalue weighted by atomic mass is 9.97. The van der Waals surface area contributed by atoms with Crippen molar-refractivity contribution in [3.05, 3.63) is 29.3 Å². The summed E-state index contributed by atoms with van der Waals surface area (Å²) < 4.78 is 4.71. The molecule has 2 rings (SSSR count). The maximum atomic E-state index is 11.7. The van der Waals surface area contributed by atoms with E-state index in [9.17, 15) is 9.59 Å². The predicted octanol–water partition coefficient (Wildman–Crippen LogP) is 2.15. The van der Waals surface area contributed by atoms with Gasteiger partial charge in [-0.3, -0.25) is 9.69 Å². The van der Waals surface area contributed by atoms with Crippen molar-refractivity contribution in [1.82, 2.24) is 0 Å². The van der Waals surface area contributed by atoms with Gasteiger partial charge in [-0.2, -0.15) is 0 Å². The van der Waals surface area contributed by atoms with E-state index in [0.717, 1.165) is 5.56 Å². The van der Waals surface area contributed by atoms with E-state index in [4.69, 9.17) is 4.74 Å². The summed E-state index contributed by atoms with van der Waals surface area (Å²) in [5.41, 5.74) is 2.21. The molecule has 84 valence electrons. The SMILES string of the molecule is COC(=O)N1CCC(=O)c2cccc(C)c21. The number of hydrogen-bond donors (Lipinski definition) is 0. The quantitative estimate of drug-likeness (QED) is 0.671. The number of Topliss-reactive ketones (excluding diaryl/α,β-unsaturated/α-hetero) is 1. The Bertz CT molecular complexity index is 454. The second kappa shape index (κ2) is 3.96. The smallest absolute Gasteiger partial charge is 0.414 e. The van der Waals surface area contributed by atoms with Gasteiger partial charge in [0, 0.05) is 18.5 Å². The second-order valence-electron chi connectivity index (χ2n) is 3.77. The highest BCUT2D eigenvalue weighted by Crippen LogP contribution is 2.30. The number of rotatable bonds is 0. The van der Waals surface area contributed by atoms with Crippen molar-refractivity contribution in [2.75, 3.05) is 18.6 Å². The summed E-state index contributed by atoms with van der Waals surface area (Å²) in [6, 6.07) is 5.46. The topological polar surface area (TPSA) is 46.6 Å². The minimum absolute atomic E-state index is 0.0823. The Kier molecular flexibility index (Phi) is 2.64. The molecule has 1 aromatic carbocycles. The van der Waals surface area contributed by atoms with Gasteiger partial charge in [0.2, 0.25) is 0 Å². The van der Waals surface area contributed by atoms with E-state index < -0.39 is 6.09 Å². The molecule has 0 unspecified atom stereocenters. The average Bonchev–Trinajstić information content (AvgIpc) is 2.30. The fourth-order valence-corrected chi connectivity index (χ4v) is 1.99. The first-order valence-electron chi connectivity index (χ1n) is 5.13. The Morgan fingerprint density at radius 1 is 1.44 bits per heavy atom. The Morgan fingerprint density at radius 3 is 2.88 bits per heavy atom. The van der Waals surface area contributed by atoms with Crippen molar-refractivity contribution in [2.45, 2.75) is 13.3 Å². The number of ether oxygens (including phenoxy) is 1. The second-order valence-corrected chi connectivity index (χ2v) is 3.77. The van der Waals surface area contributed by atoms with Gasteiger partial charge in [0.1, 0.15) is 0 Å². The molecule has 0 spiro atoms. The maximum absolute atomic E-state index is 11.7. The highest BCUT2D eigenvalue weighted by atomic mass is 16.5. The van der Waals surface area contributed by atoms with Crippen molar-refractivity contribution in [3.8, 4) is 0 Å². The number of carbonyl (C=O) groups is 2. The first kappa shape index (κ1) is 10.7. The number of hydrogen-bond acceptors (Lipinski definition) is 3. The lowest BCUT2D eigenvalue weighted by molar-refractivity contribution is 0.0979. The van der Waals surface area contributed by atoms with E-state index in [1.807, 2.05) is 19.1 Å². The normalized spacial score (nSPS) is 14.6. The first-order chi connectivity index (χ1) is 7.65. The summed E-state index contributed by atoms with van der Waals surface area (Å²) in [4.78, 5) is 24.8. The molecule has 0 N–H and O–H groups in total. The van der Waals surface area contributed by atoms with Crippen molar-refractivity contribution < 1.29 is 14.3 Å². The number of carbonyl (C=O) groups excluding carboxylic acids is 2. The molecule has 1 amide bonds. The van der Waals surface area contributed by atoms with Crippen LogP contribution in [0.25, 0.3) is 0 Å². The number of ketones is 1. The van der Waals surface area contributed by atoms with Gasteiger partial charge in [0.25, 0.3) is 0 Å². The fourth-order valence-electron chi connectivity index (χ4n) is 1.99. The van der Waals surface area contributed by atoms with E-state index in [-0.39, 0.29) is 5.78 Å². The third-order valence-corrected chi connectivity index (χ3v) is 2.77. The molecule has 0 aromatic heterocycles. The van der Waals surface area contributed by atoms with Crippen LogP contribution in [0.4, 0.5) is 10.5 Å². The Labute approximate surface area is 93.8 Å². The van der Waals surface area contributed by atoms with Gasteiger partial charge in [0.15, 0.2) is 5.78 Å². The lowest BCUT2D eigenvalue weighted by Crippen LogP contribution is -2.37. The zero-order valence-corrected chi connectivity index (χ0v) is 9.32. The molecule has 0 atom stereocenters. The average molecular weight is 219 g/mol. The number of para-hydroxylation sites is 1. The van der Waals surface area contributed by atoms with E-state index in [1.165, 1.54) is 12.0 Å². The molecular weight excluding hydrogens is 206 g/mol. The summed E-state index contributed by atoms with van der Waals surface area (Å²) in [6.07, 6.45) is -0.0611. The lowest BCUT2D eigenvalue weighted by Gasteiger charge is -2.28. The summed E-state index contributed by atoms with van der Waals surface area (Å²) in [5.74, 6) is 0.0823. The highest BCUT2D eigenvalue weighted by molar-refractivity contribution is 6.08. The Hall–Kier alpha value is -1.84. The van der Waals surface area contributed by atoms with Crippen molar-refractivity contribution in [2.24, 2.45) is 0 Å². The molecule has 0 aliphatic carbocycles. The van der Waals surface area contributed by atoms with Crippen LogP contribution in [0.5, 0.6) is 0 Å². The molecule has 4 nitrogen and oxygen atoms in total. The zero-order chi connectivity index (χ0) is 11.7. The van der Waals surface area contributed by atoms with Crippen LogP contribution < -0.4 is 4.90 Å². The van der Waals surface area contributed by atoms with E-state index in [2.05, 4.69) is 0 Å². The molecule has 4 heteroatoms. The van der Waals surface area contributed by atoms with Gasteiger partial charge in [-0.1, -0.05) is 12.1 Å². The third kappa shape index (κ3) is 1.56. The molecule has 0 fully saturated rings. The molecule has 16 heavy (non-hydrogen) atoms. The van der Waals surface area contributed by atoms with Gasteiger partial charge in [-0.25, -0.2) is 4.79 Å². The highest BCUT2D eigenvalue weighted by Gasteiger charge is 2.28. The number of benzene rings is 1. The molecule has 1 aliphatic heterocycles. The molecular formula is C12H13NO3. The van der Waals surface area contributed by atoms with Crippen molar-refractivity contribution in [3.63, 3.8) is 0 Å². The van der Waals surface area contributed by atoms with Gasteiger partial charge in [-0.05, 0) is 18.6 Å². The van der Waals surface area contributed by atoms with Crippen LogP contribution >= 0.6 is 0 Å². The summed E-state index contributed by atoms with van der Waals surface area (Å²) in [5, 5.41) is 0. The van der Waals surface area contributed by atoms with Crippen molar-refractivity contribution >= 4 is 17.6 Å². The number of amides is 1. The van der Waals surface area contributed by atoms with Gasteiger partial charge < -0.3 is 4.74 Å². The molecule has 1 heterocycles. The molecule has 1 aliphatic rings. The van der Waals surface area contributed by atoms with E-state index >= 15 is 0 Å². The van der Waals surface area contributed by atoms with Crippen LogP contribution in [0, 0.1) is 6.92 Å². The summed E-state index contributed by atoms with van der Waals surface area (Å²) in [6.45, 7) is 2.27. The Balaban J connectivity index is 2.54. The van der Waals surface area contributed by atoms with Crippen LogP contribution in [0.15, 0.2) is 18.2 Å². The number of anilines is 1. The molecule has 0 saturated carbocycles. The Morgan fingerprint density at radius 2 is 2.19 bits per heavy atom. The summed E-state index contributed by atoms with van der Waals surface area (Å²) in [7, 11) is 1.34. The predicted molar refractivity (Wildman–Crippen MR) is 59.9 cm³/mol. The molecule has 0 radical (unpaired) electrons. The number of fused-ring (bicyclic) bond motifs is 1. The molecule has 0 saturated heterocycles. The summed E-state index contributed by atoms with van der Waals surface area (Å²) >= 11 is 0. The number of methoxy groups -OCH3 is 1. The molecule has 0 bridgehead atoms. The monoisotopic (exact) mass is 219 g/mol. The third-order valence-electron chi connectivity index (χ3n) is 2.77. The van der Waals surface area contributed by atoms with E-state index in [0.29, 0.717) is 24.2 Å². The largest absolute Gasteiger partial charge is 0.452 e. The molecule has 1 aromatic rings. The van der Waals surface area contributed by atoms with Crippen LogP contribution in [0.3, 0.4) is 0 Å². The minimum atomic E-state index is -0.414. The maximum Gasteiger partial charge on any atom is 0.414 e. The zero-order valence-electron chi connectivity index (χ0n) is 9.32. The van der Waals surface area contributed by atoms with E-state index in [1.54, 1.807) is 6.07 Å². The fraction of sp³-hybridized carbons (Fsp3) is 0.333. The van der Waals surface area contributed by atoms with Crippen molar-refractivity contribution in [1.29, 1.82) is 0 Å². The van der Waals surface area contributed by atoms with Gasteiger partial charge in [-0.15, -0.1) is 0 Å². The minimum Gasteiger partial charge on any atom is -0.452 e. The van der Waals surface area contributed by atoms with Crippen LogP contribution in [0.1, 0.15) is 22.3 Å². The van der Waals surface area contributed by atoms with Gasteiger partial charge in [0.05, 0.1) is 12.8 Å². The van der Waals surface area contributed by atoms with Crippen LogP contribution in [-0.4, -0.2) is 25.5 Å². The van der Waals surface area contributed by atoms with Crippen LogP contribution in [-0.2, 0) is 4.74 Å². The number of nitrogens with zero attached hydrogens (tertiary/aromatic N) is 1. The van der Waals surface area contributed by atoms with Gasteiger partial charge >= 0.3 is 6.09 Å². The standard InChI is InChI=1S/C12H13NO3/c1-8-4-3-5-9-10(14)6-7-13(11(8)9)12(15)16-2/h3-5H,6-7H2,1-2H3. The first-order valence-corrected chi connectivity index (χ1v) is 5.13.